The zero-order valence-electron chi connectivity index (χ0n) is 17.6. The molecule has 0 atom stereocenters. The number of ether oxygens (including phenoxy) is 2. The predicted octanol–water partition coefficient (Wildman–Crippen LogP) is 5.11. The standard InChI is InChI=1S/C23H30N2O4/c1-5-16(6-2)22(26)24-18-14-21(29-8-4)19(15-20(18)28-7-3)25-23(27)17-12-10-9-11-13-17/h9-16H,5-8H2,1-4H3,(H,24,26)(H,25,27). The van der Waals surface area contributed by atoms with Crippen LogP contribution >= 0.6 is 0 Å². The minimum atomic E-state index is -0.247. The van der Waals surface area contributed by atoms with Crippen molar-refractivity contribution in [2.45, 2.75) is 40.5 Å². The number of rotatable bonds is 10. The van der Waals surface area contributed by atoms with Crippen LogP contribution in [-0.2, 0) is 4.79 Å². The molecule has 0 heterocycles. The Bertz CT molecular complexity index is 817. The highest BCUT2D eigenvalue weighted by molar-refractivity contribution is 6.05. The molecule has 156 valence electrons. The van der Waals surface area contributed by atoms with Gasteiger partial charge in [-0.05, 0) is 38.8 Å². The second kappa shape index (κ2) is 11.1. The molecule has 0 fully saturated rings. The number of anilines is 2. The fourth-order valence-corrected chi connectivity index (χ4v) is 2.98. The highest BCUT2D eigenvalue weighted by Crippen LogP contribution is 2.37. The Labute approximate surface area is 172 Å². The topological polar surface area (TPSA) is 76.7 Å². The summed E-state index contributed by atoms with van der Waals surface area (Å²) in [6, 6.07) is 12.3. The molecule has 2 aromatic carbocycles. The van der Waals surface area contributed by atoms with Gasteiger partial charge in [-0.25, -0.2) is 0 Å². The van der Waals surface area contributed by atoms with E-state index >= 15 is 0 Å². The molecule has 0 radical (unpaired) electrons. The molecular weight excluding hydrogens is 368 g/mol. The second-order valence-electron chi connectivity index (χ2n) is 6.53. The number of carbonyl (C=O) groups is 2. The molecule has 0 bridgehead atoms. The molecule has 0 spiro atoms. The van der Waals surface area contributed by atoms with Crippen LogP contribution < -0.4 is 20.1 Å². The molecule has 6 nitrogen and oxygen atoms in total. The summed E-state index contributed by atoms with van der Waals surface area (Å²) in [4.78, 5) is 25.2. The summed E-state index contributed by atoms with van der Waals surface area (Å²) in [6.07, 6.45) is 1.52. The Kier molecular flexibility index (Phi) is 8.52. The maximum absolute atomic E-state index is 12.6. The van der Waals surface area contributed by atoms with Crippen LogP contribution in [0.5, 0.6) is 11.5 Å². The summed E-state index contributed by atoms with van der Waals surface area (Å²) in [5.74, 6) is 0.582. The van der Waals surface area contributed by atoms with Gasteiger partial charge >= 0.3 is 0 Å². The molecule has 0 aliphatic carbocycles. The van der Waals surface area contributed by atoms with Crippen molar-refractivity contribution < 1.29 is 19.1 Å². The van der Waals surface area contributed by atoms with Gasteiger partial charge in [0.25, 0.3) is 5.91 Å². The predicted molar refractivity (Wildman–Crippen MR) is 116 cm³/mol. The molecule has 6 heteroatoms. The summed E-state index contributed by atoms with van der Waals surface area (Å²) in [5.41, 5.74) is 1.56. The third-order valence-corrected chi connectivity index (χ3v) is 4.58. The Balaban J connectivity index is 2.37. The molecule has 0 aliphatic heterocycles. The van der Waals surface area contributed by atoms with Gasteiger partial charge in [-0.3, -0.25) is 9.59 Å². The summed E-state index contributed by atoms with van der Waals surface area (Å²) in [5, 5.41) is 5.83. The molecule has 0 saturated heterocycles. The van der Waals surface area contributed by atoms with E-state index in [2.05, 4.69) is 10.6 Å². The lowest BCUT2D eigenvalue weighted by molar-refractivity contribution is -0.120. The monoisotopic (exact) mass is 398 g/mol. The van der Waals surface area contributed by atoms with Gasteiger partial charge in [0.2, 0.25) is 5.91 Å². The fourth-order valence-electron chi connectivity index (χ4n) is 2.98. The summed E-state index contributed by atoms with van der Waals surface area (Å²) < 4.78 is 11.4. The second-order valence-corrected chi connectivity index (χ2v) is 6.53. The van der Waals surface area contributed by atoms with Crippen LogP contribution in [0.25, 0.3) is 0 Å². The fraction of sp³-hybridized carbons (Fsp3) is 0.391. The third-order valence-electron chi connectivity index (χ3n) is 4.58. The van der Waals surface area contributed by atoms with Gasteiger partial charge in [0, 0.05) is 23.6 Å². The van der Waals surface area contributed by atoms with E-state index in [1.54, 1.807) is 36.4 Å². The largest absolute Gasteiger partial charge is 0.492 e. The first-order valence-corrected chi connectivity index (χ1v) is 10.1. The quantitative estimate of drug-likeness (QED) is 0.583. The van der Waals surface area contributed by atoms with Gasteiger partial charge in [-0.1, -0.05) is 32.0 Å². The van der Waals surface area contributed by atoms with Crippen LogP contribution in [0.1, 0.15) is 50.9 Å². The van der Waals surface area contributed by atoms with Gasteiger partial charge in [-0.15, -0.1) is 0 Å². The molecule has 2 amide bonds. The van der Waals surface area contributed by atoms with E-state index in [4.69, 9.17) is 9.47 Å². The van der Waals surface area contributed by atoms with E-state index in [1.807, 2.05) is 33.8 Å². The van der Waals surface area contributed by atoms with Gasteiger partial charge in [0.1, 0.15) is 11.5 Å². The number of hydrogen-bond donors (Lipinski definition) is 2. The summed E-state index contributed by atoms with van der Waals surface area (Å²) in [6.45, 7) is 8.55. The molecule has 0 unspecified atom stereocenters. The summed E-state index contributed by atoms with van der Waals surface area (Å²) in [7, 11) is 0. The Hall–Kier alpha value is -3.02. The first-order valence-electron chi connectivity index (χ1n) is 10.1. The van der Waals surface area contributed by atoms with Crippen molar-refractivity contribution in [1.82, 2.24) is 0 Å². The van der Waals surface area contributed by atoms with E-state index in [1.165, 1.54) is 0 Å². The SMILES string of the molecule is CCOc1cc(NC(=O)C(CC)CC)c(OCC)cc1NC(=O)c1ccccc1. The van der Waals surface area contributed by atoms with Gasteiger partial charge in [-0.2, -0.15) is 0 Å². The lowest BCUT2D eigenvalue weighted by atomic mass is 10.0. The maximum Gasteiger partial charge on any atom is 0.255 e. The van der Waals surface area contributed by atoms with Crippen molar-refractivity contribution in [2.24, 2.45) is 5.92 Å². The number of nitrogens with one attached hydrogen (secondary N) is 2. The van der Waals surface area contributed by atoms with E-state index in [9.17, 15) is 9.59 Å². The minimum Gasteiger partial charge on any atom is -0.492 e. The van der Waals surface area contributed by atoms with Crippen LogP contribution in [0.15, 0.2) is 42.5 Å². The zero-order valence-corrected chi connectivity index (χ0v) is 17.6. The van der Waals surface area contributed by atoms with Crippen LogP contribution in [-0.4, -0.2) is 25.0 Å². The highest BCUT2D eigenvalue weighted by atomic mass is 16.5. The Morgan fingerprint density at radius 3 is 1.83 bits per heavy atom. The Morgan fingerprint density at radius 2 is 1.34 bits per heavy atom. The van der Waals surface area contributed by atoms with Crippen molar-refractivity contribution in [3.05, 3.63) is 48.0 Å². The molecule has 2 N–H and O–H groups in total. The lowest BCUT2D eigenvalue weighted by Gasteiger charge is -2.19. The van der Waals surface area contributed by atoms with E-state index in [-0.39, 0.29) is 17.7 Å². The Morgan fingerprint density at radius 1 is 0.828 bits per heavy atom. The number of carbonyl (C=O) groups excluding carboxylic acids is 2. The number of amides is 2. The minimum absolute atomic E-state index is 0.0560. The molecule has 0 aromatic heterocycles. The van der Waals surface area contributed by atoms with Crippen molar-refractivity contribution in [2.75, 3.05) is 23.8 Å². The van der Waals surface area contributed by atoms with Gasteiger partial charge in [0.15, 0.2) is 0 Å². The first-order chi connectivity index (χ1) is 14.0. The smallest absolute Gasteiger partial charge is 0.255 e. The van der Waals surface area contributed by atoms with Crippen molar-refractivity contribution in [3.63, 3.8) is 0 Å². The normalized spacial score (nSPS) is 10.5. The van der Waals surface area contributed by atoms with Crippen LogP contribution in [0.4, 0.5) is 11.4 Å². The molecular formula is C23H30N2O4. The average molecular weight is 399 g/mol. The van der Waals surface area contributed by atoms with Crippen LogP contribution in [0.2, 0.25) is 0 Å². The zero-order chi connectivity index (χ0) is 21.2. The highest BCUT2D eigenvalue weighted by Gasteiger charge is 2.19. The molecule has 2 aromatic rings. The van der Waals surface area contributed by atoms with Crippen LogP contribution in [0, 0.1) is 5.92 Å². The van der Waals surface area contributed by atoms with E-state index in [0.717, 1.165) is 12.8 Å². The third kappa shape index (κ3) is 5.98. The lowest BCUT2D eigenvalue weighted by Crippen LogP contribution is -2.22. The van der Waals surface area contributed by atoms with E-state index < -0.39 is 0 Å². The van der Waals surface area contributed by atoms with Crippen molar-refractivity contribution >= 4 is 23.2 Å². The van der Waals surface area contributed by atoms with Crippen LogP contribution in [0.3, 0.4) is 0 Å². The molecule has 29 heavy (non-hydrogen) atoms. The molecule has 0 saturated carbocycles. The van der Waals surface area contributed by atoms with Crippen molar-refractivity contribution in [1.29, 1.82) is 0 Å². The van der Waals surface area contributed by atoms with E-state index in [0.29, 0.717) is 41.7 Å². The van der Waals surface area contributed by atoms with Gasteiger partial charge < -0.3 is 20.1 Å². The molecule has 0 aliphatic rings. The first kappa shape index (κ1) is 22.3. The molecule has 2 rings (SSSR count). The average Bonchev–Trinajstić information content (AvgIpc) is 2.72. The number of hydrogen-bond acceptors (Lipinski definition) is 4. The maximum atomic E-state index is 12.6. The summed E-state index contributed by atoms with van der Waals surface area (Å²) >= 11 is 0. The van der Waals surface area contributed by atoms with Gasteiger partial charge in [0.05, 0.1) is 24.6 Å². The van der Waals surface area contributed by atoms with Crippen molar-refractivity contribution in [3.8, 4) is 11.5 Å². The number of benzene rings is 2.